The van der Waals surface area contributed by atoms with Gasteiger partial charge in [0.25, 0.3) is 0 Å². The number of anilines is 1. The number of fused-ring (bicyclic) bond motifs is 1. The van der Waals surface area contributed by atoms with Crippen LogP contribution in [-0.2, 0) is 0 Å². The van der Waals surface area contributed by atoms with Gasteiger partial charge < -0.3 is 11.1 Å². The first-order valence-corrected chi connectivity index (χ1v) is 6.64. The summed E-state index contributed by atoms with van der Waals surface area (Å²) in [6.45, 7) is 6.11. The van der Waals surface area contributed by atoms with Crippen molar-refractivity contribution >= 4 is 16.5 Å². The average molecular weight is 242 g/mol. The Bertz CT molecular complexity index is 500. The van der Waals surface area contributed by atoms with E-state index in [1.54, 1.807) is 0 Å². The highest BCUT2D eigenvalue weighted by molar-refractivity contribution is 5.93. The molecule has 2 rings (SSSR count). The lowest BCUT2D eigenvalue weighted by molar-refractivity contribution is 0.413. The van der Waals surface area contributed by atoms with Crippen LogP contribution in [0.1, 0.15) is 13.8 Å². The van der Waals surface area contributed by atoms with Gasteiger partial charge in [-0.15, -0.1) is 0 Å². The highest BCUT2D eigenvalue weighted by atomic mass is 14.9. The summed E-state index contributed by atoms with van der Waals surface area (Å²) in [5.41, 5.74) is 7.01. The van der Waals surface area contributed by atoms with Crippen molar-refractivity contribution in [3.8, 4) is 0 Å². The predicted molar refractivity (Wildman–Crippen MR) is 79.8 cm³/mol. The molecule has 0 radical (unpaired) electrons. The van der Waals surface area contributed by atoms with Gasteiger partial charge in [-0.3, -0.25) is 0 Å². The summed E-state index contributed by atoms with van der Waals surface area (Å²) in [4.78, 5) is 0. The molecular weight excluding hydrogens is 220 g/mol. The molecule has 0 amide bonds. The molecule has 18 heavy (non-hydrogen) atoms. The molecule has 1 unspecified atom stereocenters. The second kappa shape index (κ2) is 5.87. The lowest BCUT2D eigenvalue weighted by Crippen LogP contribution is -2.27. The molecule has 0 saturated heterocycles. The average Bonchev–Trinajstić information content (AvgIpc) is 2.39. The fraction of sp³-hybridized carbons (Fsp3) is 0.375. The Labute approximate surface area is 109 Å². The van der Waals surface area contributed by atoms with Crippen LogP contribution in [0.15, 0.2) is 42.5 Å². The zero-order chi connectivity index (χ0) is 13.0. The van der Waals surface area contributed by atoms with Crippen molar-refractivity contribution in [1.29, 1.82) is 0 Å². The minimum Gasteiger partial charge on any atom is -0.384 e. The van der Waals surface area contributed by atoms with Crippen LogP contribution in [0.3, 0.4) is 0 Å². The quantitative estimate of drug-likeness (QED) is 0.842. The maximum absolute atomic E-state index is 5.81. The maximum Gasteiger partial charge on any atom is 0.0419 e. The summed E-state index contributed by atoms with van der Waals surface area (Å²) in [7, 11) is 0. The fourth-order valence-electron chi connectivity index (χ4n) is 2.21. The standard InChI is InChI=1S/C16H22N2/c1-12(2)14(10-17)11-18-16-9-5-7-13-6-3-4-8-15(13)16/h3-9,12,14,18H,10-11,17H2,1-2H3. The lowest BCUT2D eigenvalue weighted by Gasteiger charge is -2.20. The molecule has 3 N–H and O–H groups in total. The van der Waals surface area contributed by atoms with Crippen LogP contribution in [0.25, 0.3) is 10.8 Å². The van der Waals surface area contributed by atoms with E-state index in [-0.39, 0.29) is 0 Å². The molecular formula is C16H22N2. The zero-order valence-electron chi connectivity index (χ0n) is 11.2. The van der Waals surface area contributed by atoms with Gasteiger partial charge in [0, 0.05) is 17.6 Å². The molecule has 0 fully saturated rings. The maximum atomic E-state index is 5.81. The van der Waals surface area contributed by atoms with E-state index in [1.807, 2.05) is 0 Å². The van der Waals surface area contributed by atoms with Gasteiger partial charge in [-0.1, -0.05) is 50.2 Å². The van der Waals surface area contributed by atoms with E-state index in [0.29, 0.717) is 11.8 Å². The van der Waals surface area contributed by atoms with Crippen LogP contribution in [0, 0.1) is 11.8 Å². The van der Waals surface area contributed by atoms with E-state index in [2.05, 4.69) is 61.6 Å². The van der Waals surface area contributed by atoms with Crippen molar-refractivity contribution in [3.63, 3.8) is 0 Å². The van der Waals surface area contributed by atoms with Gasteiger partial charge in [-0.05, 0) is 29.8 Å². The smallest absolute Gasteiger partial charge is 0.0419 e. The van der Waals surface area contributed by atoms with Crippen LogP contribution < -0.4 is 11.1 Å². The Hall–Kier alpha value is -1.54. The molecule has 0 spiro atoms. The predicted octanol–water partition coefficient (Wildman–Crippen LogP) is 3.48. The minimum absolute atomic E-state index is 0.518. The number of nitrogens with two attached hydrogens (primary N) is 1. The third-order valence-corrected chi connectivity index (χ3v) is 3.59. The molecule has 2 aromatic carbocycles. The van der Waals surface area contributed by atoms with E-state index >= 15 is 0 Å². The summed E-state index contributed by atoms with van der Waals surface area (Å²) in [5.74, 6) is 1.13. The van der Waals surface area contributed by atoms with Gasteiger partial charge >= 0.3 is 0 Å². The van der Waals surface area contributed by atoms with E-state index in [9.17, 15) is 0 Å². The van der Waals surface area contributed by atoms with E-state index < -0.39 is 0 Å². The third kappa shape index (κ3) is 2.82. The third-order valence-electron chi connectivity index (χ3n) is 3.59. The summed E-state index contributed by atoms with van der Waals surface area (Å²) in [6.07, 6.45) is 0. The highest BCUT2D eigenvalue weighted by Gasteiger charge is 2.11. The van der Waals surface area contributed by atoms with E-state index in [1.165, 1.54) is 16.5 Å². The minimum atomic E-state index is 0.518. The van der Waals surface area contributed by atoms with Gasteiger partial charge in [0.05, 0.1) is 0 Å². The second-order valence-electron chi connectivity index (χ2n) is 5.15. The molecule has 0 heterocycles. The Morgan fingerprint density at radius 3 is 2.50 bits per heavy atom. The van der Waals surface area contributed by atoms with Crippen molar-refractivity contribution in [2.24, 2.45) is 17.6 Å². The summed E-state index contributed by atoms with van der Waals surface area (Å²) in [6, 6.07) is 14.8. The molecule has 0 aliphatic rings. The monoisotopic (exact) mass is 242 g/mol. The van der Waals surface area contributed by atoms with Crippen molar-refractivity contribution in [3.05, 3.63) is 42.5 Å². The van der Waals surface area contributed by atoms with Gasteiger partial charge in [-0.25, -0.2) is 0 Å². The van der Waals surface area contributed by atoms with Gasteiger partial charge in [0.15, 0.2) is 0 Å². The van der Waals surface area contributed by atoms with Gasteiger partial charge in [0.2, 0.25) is 0 Å². The molecule has 0 bridgehead atoms. The molecule has 2 heteroatoms. The van der Waals surface area contributed by atoms with Crippen LogP contribution in [0.4, 0.5) is 5.69 Å². The molecule has 0 aliphatic heterocycles. The SMILES string of the molecule is CC(C)C(CN)CNc1cccc2ccccc12. The fourth-order valence-corrected chi connectivity index (χ4v) is 2.21. The van der Waals surface area contributed by atoms with E-state index in [0.717, 1.165) is 13.1 Å². The first-order valence-electron chi connectivity index (χ1n) is 6.64. The lowest BCUT2D eigenvalue weighted by atomic mass is 9.96. The number of benzene rings is 2. The Balaban J connectivity index is 2.17. The summed E-state index contributed by atoms with van der Waals surface area (Å²) in [5, 5.41) is 6.09. The second-order valence-corrected chi connectivity index (χ2v) is 5.15. The summed E-state index contributed by atoms with van der Waals surface area (Å²) >= 11 is 0. The molecule has 96 valence electrons. The number of hydrogen-bond donors (Lipinski definition) is 2. The van der Waals surface area contributed by atoms with Gasteiger partial charge in [-0.2, -0.15) is 0 Å². The van der Waals surface area contributed by atoms with Crippen molar-refractivity contribution in [1.82, 2.24) is 0 Å². The first-order chi connectivity index (χ1) is 8.72. The topological polar surface area (TPSA) is 38.0 Å². The largest absolute Gasteiger partial charge is 0.384 e. The molecule has 0 saturated carbocycles. The van der Waals surface area contributed by atoms with Crippen molar-refractivity contribution in [2.45, 2.75) is 13.8 Å². The van der Waals surface area contributed by atoms with Crippen LogP contribution in [0.2, 0.25) is 0 Å². The number of hydrogen-bond acceptors (Lipinski definition) is 2. The molecule has 1 atom stereocenters. The summed E-state index contributed by atoms with van der Waals surface area (Å²) < 4.78 is 0. The Morgan fingerprint density at radius 1 is 1.06 bits per heavy atom. The van der Waals surface area contributed by atoms with E-state index in [4.69, 9.17) is 5.73 Å². The highest BCUT2D eigenvalue weighted by Crippen LogP contribution is 2.23. The van der Waals surface area contributed by atoms with Gasteiger partial charge in [0.1, 0.15) is 0 Å². The van der Waals surface area contributed by atoms with Crippen molar-refractivity contribution in [2.75, 3.05) is 18.4 Å². The first kappa shape index (κ1) is 12.9. The molecule has 0 aromatic heterocycles. The van der Waals surface area contributed by atoms with Crippen molar-refractivity contribution < 1.29 is 0 Å². The normalized spacial score (nSPS) is 12.9. The molecule has 0 aliphatic carbocycles. The van der Waals surface area contributed by atoms with Crippen LogP contribution >= 0.6 is 0 Å². The number of nitrogens with one attached hydrogen (secondary N) is 1. The Morgan fingerprint density at radius 2 is 1.78 bits per heavy atom. The molecule has 2 nitrogen and oxygen atoms in total. The Kier molecular flexibility index (Phi) is 4.21. The zero-order valence-corrected chi connectivity index (χ0v) is 11.2. The van der Waals surface area contributed by atoms with Crippen LogP contribution in [0.5, 0.6) is 0 Å². The number of rotatable bonds is 5. The molecule has 2 aromatic rings. The van der Waals surface area contributed by atoms with Crippen LogP contribution in [-0.4, -0.2) is 13.1 Å².